The fourth-order valence-corrected chi connectivity index (χ4v) is 1.56. The van der Waals surface area contributed by atoms with Gasteiger partial charge in [0.05, 0.1) is 13.5 Å². The Kier molecular flexibility index (Phi) is 5.12. The lowest BCUT2D eigenvalue weighted by molar-refractivity contribution is -0.128. The zero-order valence-corrected chi connectivity index (χ0v) is 10.3. The number of halogens is 1. The van der Waals surface area contributed by atoms with Crippen molar-refractivity contribution in [3.63, 3.8) is 0 Å². The Bertz CT molecular complexity index is 337. The van der Waals surface area contributed by atoms with Crippen molar-refractivity contribution in [1.82, 2.24) is 4.90 Å². The third-order valence-corrected chi connectivity index (χ3v) is 2.53. The van der Waals surface area contributed by atoms with Crippen molar-refractivity contribution in [2.24, 2.45) is 0 Å². The van der Waals surface area contributed by atoms with Crippen LogP contribution in [0.1, 0.15) is 5.56 Å². The molecule has 1 rings (SSSR count). The van der Waals surface area contributed by atoms with E-state index in [0.717, 1.165) is 11.3 Å². The molecule has 0 aliphatic carbocycles. The number of benzene rings is 1. The smallest absolute Gasteiger partial charge is 0.226 e. The Hall–Kier alpha value is -1.22. The van der Waals surface area contributed by atoms with Gasteiger partial charge in [-0.1, -0.05) is 12.1 Å². The van der Waals surface area contributed by atoms with Gasteiger partial charge >= 0.3 is 0 Å². The van der Waals surface area contributed by atoms with Crippen molar-refractivity contribution in [3.05, 3.63) is 29.8 Å². The van der Waals surface area contributed by atoms with Crippen LogP contribution in [0.25, 0.3) is 0 Å². The van der Waals surface area contributed by atoms with E-state index in [2.05, 4.69) is 0 Å². The molecule has 0 aliphatic heterocycles. The number of hydrogen-bond donors (Lipinski definition) is 0. The second kappa shape index (κ2) is 6.38. The maximum absolute atomic E-state index is 11.7. The molecule has 0 saturated heterocycles. The third-order valence-electron chi connectivity index (χ3n) is 2.36. The predicted molar refractivity (Wildman–Crippen MR) is 65.1 cm³/mol. The van der Waals surface area contributed by atoms with Gasteiger partial charge in [-0.05, 0) is 17.7 Å². The Balaban J connectivity index is 2.55. The number of ether oxygens (including phenoxy) is 1. The van der Waals surface area contributed by atoms with Crippen LogP contribution in [0.15, 0.2) is 24.3 Å². The Labute approximate surface area is 101 Å². The van der Waals surface area contributed by atoms with E-state index in [1.165, 1.54) is 0 Å². The Morgan fingerprint density at radius 1 is 1.38 bits per heavy atom. The van der Waals surface area contributed by atoms with Gasteiger partial charge in [0.1, 0.15) is 5.75 Å². The van der Waals surface area contributed by atoms with E-state index in [-0.39, 0.29) is 5.91 Å². The first-order chi connectivity index (χ1) is 7.67. The molecule has 0 atom stereocenters. The molecule has 0 N–H and O–H groups in total. The van der Waals surface area contributed by atoms with Gasteiger partial charge in [-0.15, -0.1) is 11.6 Å². The van der Waals surface area contributed by atoms with Gasteiger partial charge in [0, 0.05) is 19.5 Å². The minimum Gasteiger partial charge on any atom is -0.497 e. The summed E-state index contributed by atoms with van der Waals surface area (Å²) in [5, 5.41) is 0. The van der Waals surface area contributed by atoms with Crippen LogP contribution in [0.4, 0.5) is 0 Å². The first-order valence-corrected chi connectivity index (χ1v) is 5.63. The Morgan fingerprint density at radius 3 is 2.50 bits per heavy atom. The van der Waals surface area contributed by atoms with Crippen LogP contribution < -0.4 is 4.74 Å². The summed E-state index contributed by atoms with van der Waals surface area (Å²) in [7, 11) is 3.38. The van der Waals surface area contributed by atoms with Crippen LogP contribution in [0.2, 0.25) is 0 Å². The lowest BCUT2D eigenvalue weighted by Crippen LogP contribution is -2.29. The van der Waals surface area contributed by atoms with Gasteiger partial charge in [0.25, 0.3) is 0 Å². The summed E-state index contributed by atoms with van der Waals surface area (Å²) in [6, 6.07) is 7.49. The summed E-state index contributed by atoms with van der Waals surface area (Å²) in [6.45, 7) is 0.580. The molecular weight excluding hydrogens is 226 g/mol. The predicted octanol–water partition coefficient (Wildman–Crippen LogP) is 1.93. The van der Waals surface area contributed by atoms with Crippen molar-refractivity contribution in [1.29, 1.82) is 0 Å². The SMILES string of the molecule is COc1ccc(CC(=O)N(C)CCCl)cc1. The largest absolute Gasteiger partial charge is 0.497 e. The van der Waals surface area contributed by atoms with E-state index < -0.39 is 0 Å². The fourth-order valence-electron chi connectivity index (χ4n) is 1.30. The van der Waals surface area contributed by atoms with Crippen LogP contribution in [-0.2, 0) is 11.2 Å². The number of hydrogen-bond acceptors (Lipinski definition) is 2. The number of amides is 1. The summed E-state index contributed by atoms with van der Waals surface area (Å²) in [5.74, 6) is 1.33. The molecule has 0 radical (unpaired) electrons. The summed E-state index contributed by atoms with van der Waals surface area (Å²) in [5.41, 5.74) is 0.979. The molecule has 0 unspecified atom stereocenters. The van der Waals surface area contributed by atoms with E-state index in [9.17, 15) is 4.79 Å². The average Bonchev–Trinajstić information content (AvgIpc) is 2.30. The van der Waals surface area contributed by atoms with Crippen LogP contribution in [0.3, 0.4) is 0 Å². The number of nitrogens with zero attached hydrogens (tertiary/aromatic N) is 1. The molecule has 1 amide bonds. The van der Waals surface area contributed by atoms with Crippen molar-refractivity contribution >= 4 is 17.5 Å². The van der Waals surface area contributed by atoms with Crippen molar-refractivity contribution in [2.45, 2.75) is 6.42 Å². The monoisotopic (exact) mass is 241 g/mol. The lowest BCUT2D eigenvalue weighted by atomic mass is 10.1. The highest BCUT2D eigenvalue weighted by Crippen LogP contribution is 2.12. The zero-order chi connectivity index (χ0) is 12.0. The highest BCUT2D eigenvalue weighted by atomic mass is 35.5. The summed E-state index contributed by atoms with van der Waals surface area (Å²) < 4.78 is 5.05. The highest BCUT2D eigenvalue weighted by molar-refractivity contribution is 6.18. The summed E-state index contributed by atoms with van der Waals surface area (Å²) in [4.78, 5) is 13.3. The van der Waals surface area contributed by atoms with Gasteiger partial charge in [0.15, 0.2) is 0 Å². The number of carbonyl (C=O) groups is 1. The maximum atomic E-state index is 11.7. The van der Waals surface area contributed by atoms with Gasteiger partial charge in [-0.2, -0.15) is 0 Å². The fraction of sp³-hybridized carbons (Fsp3) is 0.417. The Morgan fingerprint density at radius 2 is 2.00 bits per heavy atom. The molecule has 88 valence electrons. The molecule has 0 fully saturated rings. The number of likely N-dealkylation sites (N-methyl/N-ethyl adjacent to an activating group) is 1. The topological polar surface area (TPSA) is 29.5 Å². The molecule has 0 heterocycles. The molecular formula is C12H16ClNO2. The molecule has 3 nitrogen and oxygen atoms in total. The molecule has 1 aromatic carbocycles. The molecule has 0 saturated carbocycles. The minimum absolute atomic E-state index is 0.0748. The van der Waals surface area contributed by atoms with Gasteiger partial charge in [-0.3, -0.25) is 4.79 Å². The summed E-state index contributed by atoms with van der Waals surface area (Å²) >= 11 is 5.57. The highest BCUT2D eigenvalue weighted by Gasteiger charge is 2.08. The first-order valence-electron chi connectivity index (χ1n) is 5.10. The second-order valence-electron chi connectivity index (χ2n) is 3.53. The summed E-state index contributed by atoms with van der Waals surface area (Å²) in [6.07, 6.45) is 0.400. The van der Waals surface area contributed by atoms with E-state index in [4.69, 9.17) is 16.3 Å². The van der Waals surface area contributed by atoms with Gasteiger partial charge in [0.2, 0.25) is 5.91 Å². The van der Waals surface area contributed by atoms with E-state index in [1.807, 2.05) is 24.3 Å². The van der Waals surface area contributed by atoms with E-state index in [1.54, 1.807) is 19.1 Å². The van der Waals surface area contributed by atoms with Crippen molar-refractivity contribution in [2.75, 3.05) is 26.6 Å². The zero-order valence-electron chi connectivity index (χ0n) is 9.57. The van der Waals surface area contributed by atoms with Crippen molar-refractivity contribution in [3.8, 4) is 5.75 Å². The standard InChI is InChI=1S/C12H16ClNO2/c1-14(8-7-13)12(15)9-10-3-5-11(16-2)6-4-10/h3-6H,7-9H2,1-2H3. The maximum Gasteiger partial charge on any atom is 0.226 e. The molecule has 0 spiro atoms. The number of methoxy groups -OCH3 is 1. The molecule has 0 aliphatic rings. The molecule has 1 aromatic rings. The first kappa shape index (κ1) is 12.8. The number of rotatable bonds is 5. The normalized spacial score (nSPS) is 9.94. The van der Waals surface area contributed by atoms with Gasteiger partial charge < -0.3 is 9.64 Å². The number of alkyl halides is 1. The van der Waals surface area contributed by atoms with Crippen LogP contribution in [0.5, 0.6) is 5.75 Å². The van der Waals surface area contributed by atoms with Crippen molar-refractivity contribution < 1.29 is 9.53 Å². The minimum atomic E-state index is 0.0748. The molecule has 0 aromatic heterocycles. The van der Waals surface area contributed by atoms with Gasteiger partial charge in [-0.25, -0.2) is 0 Å². The van der Waals surface area contributed by atoms with Crippen LogP contribution >= 0.6 is 11.6 Å². The third kappa shape index (κ3) is 3.74. The molecule has 0 bridgehead atoms. The molecule has 4 heteroatoms. The average molecular weight is 242 g/mol. The van der Waals surface area contributed by atoms with E-state index >= 15 is 0 Å². The number of carbonyl (C=O) groups excluding carboxylic acids is 1. The quantitative estimate of drug-likeness (QED) is 0.738. The molecule has 16 heavy (non-hydrogen) atoms. The second-order valence-corrected chi connectivity index (χ2v) is 3.91. The van der Waals surface area contributed by atoms with E-state index in [0.29, 0.717) is 18.8 Å². The lowest BCUT2D eigenvalue weighted by Gasteiger charge is -2.15. The van der Waals surface area contributed by atoms with Crippen LogP contribution in [0, 0.1) is 0 Å². The van der Waals surface area contributed by atoms with Crippen LogP contribution in [-0.4, -0.2) is 37.4 Å².